The van der Waals surface area contributed by atoms with E-state index in [-0.39, 0.29) is 0 Å². The van der Waals surface area contributed by atoms with E-state index in [0.29, 0.717) is 23.0 Å². The molecule has 0 saturated carbocycles. The lowest BCUT2D eigenvalue weighted by Crippen LogP contribution is -2.22. The first-order chi connectivity index (χ1) is 10.7. The summed E-state index contributed by atoms with van der Waals surface area (Å²) in [7, 11) is 0. The molecule has 0 unspecified atom stereocenters. The van der Waals surface area contributed by atoms with Crippen molar-refractivity contribution in [1.82, 2.24) is 25.1 Å². The van der Waals surface area contributed by atoms with Crippen LogP contribution >= 0.6 is 0 Å². The largest absolute Gasteiger partial charge is 0.382 e. The van der Waals surface area contributed by atoms with E-state index in [1.54, 1.807) is 4.68 Å². The summed E-state index contributed by atoms with van der Waals surface area (Å²) in [5, 5.41) is 7.72. The Morgan fingerprint density at radius 2 is 2.00 bits per heavy atom. The number of hydrogen-bond donors (Lipinski definition) is 2. The van der Waals surface area contributed by atoms with E-state index in [2.05, 4.69) is 25.4 Å². The van der Waals surface area contributed by atoms with E-state index in [1.165, 1.54) is 0 Å². The highest BCUT2D eigenvalue weighted by Crippen LogP contribution is 2.21. The molecule has 22 heavy (non-hydrogen) atoms. The molecule has 110 valence electrons. The van der Waals surface area contributed by atoms with Gasteiger partial charge in [-0.2, -0.15) is 5.10 Å². The van der Waals surface area contributed by atoms with Gasteiger partial charge in [0.2, 0.25) is 0 Å². The second-order valence-electron chi connectivity index (χ2n) is 5.12. The summed E-state index contributed by atoms with van der Waals surface area (Å²) in [5.74, 6) is 1.07. The van der Waals surface area contributed by atoms with E-state index < -0.39 is 0 Å². The van der Waals surface area contributed by atoms with Gasteiger partial charge >= 0.3 is 0 Å². The van der Waals surface area contributed by atoms with Crippen LogP contribution in [0.15, 0.2) is 35.3 Å². The molecule has 0 saturated heterocycles. The zero-order valence-electron chi connectivity index (χ0n) is 12.1. The molecule has 3 heterocycles. The second kappa shape index (κ2) is 4.80. The van der Waals surface area contributed by atoms with Crippen LogP contribution in [0.2, 0.25) is 0 Å². The maximum Gasteiger partial charge on any atom is 0.184 e. The van der Waals surface area contributed by atoms with Crippen LogP contribution < -0.4 is 11.1 Å². The average Bonchev–Trinajstić information content (AvgIpc) is 3.16. The molecule has 0 aliphatic carbocycles. The van der Waals surface area contributed by atoms with Crippen molar-refractivity contribution >= 4 is 22.8 Å². The van der Waals surface area contributed by atoms with Gasteiger partial charge in [0, 0.05) is 6.54 Å². The van der Waals surface area contributed by atoms with Crippen molar-refractivity contribution in [3.05, 3.63) is 41.7 Å². The molecule has 3 N–H and O–H groups in total. The molecule has 0 radical (unpaired) electrons. The Kier molecular flexibility index (Phi) is 2.78. The van der Waals surface area contributed by atoms with Crippen LogP contribution in [-0.4, -0.2) is 38.7 Å². The molecule has 0 fully saturated rings. The minimum atomic E-state index is 0.359. The quantitative estimate of drug-likeness (QED) is 0.736. The Morgan fingerprint density at radius 1 is 1.18 bits per heavy atom. The summed E-state index contributed by atoms with van der Waals surface area (Å²) in [6, 6.07) is 9.83. The minimum Gasteiger partial charge on any atom is -0.382 e. The number of nitrogens with two attached hydrogens (primary N) is 1. The Hall–Kier alpha value is -2.96. The summed E-state index contributed by atoms with van der Waals surface area (Å²) < 4.78 is 1.77. The monoisotopic (exact) mass is 293 g/mol. The molecule has 7 nitrogen and oxygen atoms in total. The van der Waals surface area contributed by atoms with Gasteiger partial charge in [-0.1, -0.05) is 18.2 Å². The fraction of sp³-hybridized carbons (Fsp3) is 0.200. The predicted octanol–water partition coefficient (Wildman–Crippen LogP) is 1.06. The predicted molar refractivity (Wildman–Crippen MR) is 85.2 cm³/mol. The number of benzene rings is 1. The summed E-state index contributed by atoms with van der Waals surface area (Å²) in [4.78, 5) is 13.5. The second-order valence-corrected chi connectivity index (χ2v) is 5.12. The molecule has 7 heteroatoms. The first kappa shape index (κ1) is 12.8. The molecule has 1 aliphatic heterocycles. The highest BCUT2D eigenvalue weighted by molar-refractivity contribution is 6.03. The standard InChI is InChI=1S/C15H15N7/c1-9-11-15(22(21-9)10-5-3-2-4-6-10)20-13(16)12(19-11)14-17-7-8-18-14/h2-6H,7-8H2,1H3,(H2,16,20)(H,17,18). The first-order valence-corrected chi connectivity index (χ1v) is 7.11. The number of anilines is 1. The SMILES string of the molecule is Cc1nn(-c2ccccc2)c2nc(N)c(C3=NCCN3)nc12. The van der Waals surface area contributed by atoms with Gasteiger partial charge in [0.15, 0.2) is 17.3 Å². The van der Waals surface area contributed by atoms with E-state index in [0.717, 1.165) is 30.0 Å². The highest BCUT2D eigenvalue weighted by atomic mass is 15.3. The number of rotatable bonds is 2. The van der Waals surface area contributed by atoms with Crippen molar-refractivity contribution in [2.75, 3.05) is 18.8 Å². The van der Waals surface area contributed by atoms with Crippen molar-refractivity contribution in [1.29, 1.82) is 0 Å². The molecule has 3 aromatic rings. The number of fused-ring (bicyclic) bond motifs is 1. The topological polar surface area (TPSA) is 94.0 Å². The van der Waals surface area contributed by atoms with Gasteiger partial charge in [-0.25, -0.2) is 14.6 Å². The number of nitrogen functional groups attached to an aromatic ring is 1. The molecular weight excluding hydrogens is 278 g/mol. The molecule has 4 rings (SSSR count). The third-order valence-electron chi connectivity index (χ3n) is 3.60. The Labute approximate surface area is 126 Å². The Morgan fingerprint density at radius 3 is 2.73 bits per heavy atom. The first-order valence-electron chi connectivity index (χ1n) is 7.11. The highest BCUT2D eigenvalue weighted by Gasteiger charge is 2.19. The van der Waals surface area contributed by atoms with Gasteiger partial charge in [-0.3, -0.25) is 4.99 Å². The van der Waals surface area contributed by atoms with Crippen molar-refractivity contribution in [2.45, 2.75) is 6.92 Å². The molecule has 0 bridgehead atoms. The number of aromatic nitrogens is 4. The molecule has 0 atom stereocenters. The van der Waals surface area contributed by atoms with Gasteiger partial charge in [-0.05, 0) is 19.1 Å². The Balaban J connectivity index is 1.94. The summed E-state index contributed by atoms with van der Waals surface area (Å²) >= 11 is 0. The summed E-state index contributed by atoms with van der Waals surface area (Å²) in [6.45, 7) is 3.45. The lowest BCUT2D eigenvalue weighted by Gasteiger charge is -2.06. The number of amidine groups is 1. The van der Waals surface area contributed by atoms with Crippen LogP contribution in [0.1, 0.15) is 11.4 Å². The molecule has 1 aromatic carbocycles. The summed E-state index contributed by atoms with van der Waals surface area (Å²) in [6.07, 6.45) is 0. The fourth-order valence-electron chi connectivity index (χ4n) is 2.55. The zero-order chi connectivity index (χ0) is 15.1. The van der Waals surface area contributed by atoms with Gasteiger partial charge in [0.25, 0.3) is 0 Å². The number of nitrogens with zero attached hydrogens (tertiary/aromatic N) is 5. The van der Waals surface area contributed by atoms with Crippen LogP contribution in [0.4, 0.5) is 5.82 Å². The van der Waals surface area contributed by atoms with Crippen LogP contribution in [-0.2, 0) is 0 Å². The van der Waals surface area contributed by atoms with E-state index in [4.69, 9.17) is 5.73 Å². The molecule has 0 spiro atoms. The molecule has 0 amide bonds. The van der Waals surface area contributed by atoms with Gasteiger partial charge < -0.3 is 11.1 Å². The third kappa shape index (κ3) is 1.90. The van der Waals surface area contributed by atoms with Crippen LogP contribution in [0, 0.1) is 6.92 Å². The summed E-state index contributed by atoms with van der Waals surface area (Å²) in [5.41, 5.74) is 9.82. The van der Waals surface area contributed by atoms with Crippen molar-refractivity contribution in [3.8, 4) is 5.69 Å². The average molecular weight is 293 g/mol. The van der Waals surface area contributed by atoms with Crippen LogP contribution in [0.5, 0.6) is 0 Å². The minimum absolute atomic E-state index is 0.359. The number of hydrogen-bond acceptors (Lipinski definition) is 6. The lowest BCUT2D eigenvalue weighted by atomic mass is 10.3. The van der Waals surface area contributed by atoms with Gasteiger partial charge in [0.05, 0.1) is 17.9 Å². The maximum absolute atomic E-state index is 6.09. The van der Waals surface area contributed by atoms with Crippen molar-refractivity contribution in [3.63, 3.8) is 0 Å². The lowest BCUT2D eigenvalue weighted by molar-refractivity contribution is 0.878. The van der Waals surface area contributed by atoms with Crippen molar-refractivity contribution in [2.24, 2.45) is 4.99 Å². The van der Waals surface area contributed by atoms with E-state index in [9.17, 15) is 0 Å². The van der Waals surface area contributed by atoms with Crippen LogP contribution in [0.3, 0.4) is 0 Å². The van der Waals surface area contributed by atoms with E-state index in [1.807, 2.05) is 37.3 Å². The number of nitrogens with one attached hydrogen (secondary N) is 1. The number of para-hydroxylation sites is 1. The van der Waals surface area contributed by atoms with Gasteiger partial charge in [-0.15, -0.1) is 0 Å². The maximum atomic E-state index is 6.09. The third-order valence-corrected chi connectivity index (χ3v) is 3.60. The fourth-order valence-corrected chi connectivity index (χ4v) is 2.55. The van der Waals surface area contributed by atoms with Crippen molar-refractivity contribution < 1.29 is 0 Å². The van der Waals surface area contributed by atoms with E-state index >= 15 is 0 Å². The normalized spacial score (nSPS) is 14.1. The zero-order valence-corrected chi connectivity index (χ0v) is 12.1. The van der Waals surface area contributed by atoms with Gasteiger partial charge in [0.1, 0.15) is 11.2 Å². The molecular formula is C15H15N7. The molecule has 1 aliphatic rings. The Bertz CT molecular complexity index is 880. The van der Waals surface area contributed by atoms with Crippen LogP contribution in [0.25, 0.3) is 16.9 Å². The number of aliphatic imine (C=N–C) groups is 1. The molecule has 2 aromatic heterocycles. The smallest absolute Gasteiger partial charge is 0.184 e. The number of aryl methyl sites for hydroxylation is 1.